The van der Waals surface area contributed by atoms with E-state index >= 15 is 0 Å². The van der Waals surface area contributed by atoms with Gasteiger partial charge in [-0.15, -0.1) is 0 Å². The lowest BCUT2D eigenvalue weighted by molar-refractivity contribution is -0.172. The molecule has 1 aliphatic carbocycles. The predicted octanol–water partition coefficient (Wildman–Crippen LogP) is 3.01. The average molecular weight is 431 g/mol. The van der Waals surface area contributed by atoms with Crippen LogP contribution in [0, 0.1) is 0 Å². The van der Waals surface area contributed by atoms with E-state index in [2.05, 4.69) is 5.32 Å². The summed E-state index contributed by atoms with van der Waals surface area (Å²) in [6.07, 6.45) is 0. The lowest BCUT2D eigenvalue weighted by Gasteiger charge is -2.40. The molecule has 0 saturated heterocycles. The van der Waals surface area contributed by atoms with Crippen molar-refractivity contribution in [2.75, 3.05) is 14.2 Å². The zero-order valence-corrected chi connectivity index (χ0v) is 18.2. The first-order valence-corrected chi connectivity index (χ1v) is 10.3. The molecule has 2 N–H and O–H groups in total. The van der Waals surface area contributed by atoms with Crippen LogP contribution >= 0.6 is 0 Å². The summed E-state index contributed by atoms with van der Waals surface area (Å²) < 4.78 is 9.79. The number of aliphatic hydroxyl groups is 1. The van der Waals surface area contributed by atoms with Crippen molar-refractivity contribution in [3.8, 4) is 11.1 Å². The van der Waals surface area contributed by atoms with Gasteiger partial charge in [0.2, 0.25) is 0 Å². The highest BCUT2D eigenvalue weighted by atomic mass is 16.5. The van der Waals surface area contributed by atoms with Crippen molar-refractivity contribution in [2.45, 2.75) is 24.1 Å². The van der Waals surface area contributed by atoms with Gasteiger partial charge in [-0.3, -0.25) is 10.1 Å². The van der Waals surface area contributed by atoms with Gasteiger partial charge in [0.15, 0.2) is 5.60 Å². The molecule has 0 heterocycles. The molecule has 0 aliphatic heterocycles. The molecule has 0 spiro atoms. The average Bonchev–Trinajstić information content (AvgIpc) is 3.12. The molecule has 6 heteroatoms. The third-order valence-corrected chi connectivity index (χ3v) is 6.12. The van der Waals surface area contributed by atoms with E-state index in [1.54, 1.807) is 0 Å². The Hall–Kier alpha value is -3.48. The van der Waals surface area contributed by atoms with Gasteiger partial charge < -0.3 is 14.6 Å². The summed E-state index contributed by atoms with van der Waals surface area (Å²) in [6.45, 7) is 1.25. The number of methoxy groups -OCH3 is 2. The number of esters is 2. The Kier molecular flexibility index (Phi) is 5.59. The van der Waals surface area contributed by atoms with Crippen molar-refractivity contribution >= 4 is 11.9 Å². The van der Waals surface area contributed by atoms with Crippen LogP contribution in [-0.4, -0.2) is 42.9 Å². The Labute approximate surface area is 186 Å². The predicted molar refractivity (Wildman–Crippen MR) is 120 cm³/mol. The van der Waals surface area contributed by atoms with Crippen LogP contribution in [0.3, 0.4) is 0 Å². The molecular weight excluding hydrogens is 406 g/mol. The molecular formula is C26H25NO5. The van der Waals surface area contributed by atoms with Crippen molar-refractivity contribution in [1.82, 2.24) is 5.32 Å². The Bertz CT molecular complexity index is 1110. The van der Waals surface area contributed by atoms with E-state index < -0.39 is 29.1 Å². The molecule has 0 aromatic heterocycles. The van der Waals surface area contributed by atoms with Crippen molar-refractivity contribution < 1.29 is 24.2 Å². The van der Waals surface area contributed by atoms with E-state index in [4.69, 9.17) is 9.47 Å². The van der Waals surface area contributed by atoms with Crippen LogP contribution in [0.15, 0.2) is 78.9 Å². The second-order valence-corrected chi connectivity index (χ2v) is 7.95. The quantitative estimate of drug-likeness (QED) is 0.584. The van der Waals surface area contributed by atoms with E-state index in [1.807, 2.05) is 78.9 Å². The minimum absolute atomic E-state index is 0.780. The maximum atomic E-state index is 12.9. The molecule has 0 radical (unpaired) electrons. The number of nitrogens with one attached hydrogen (secondary N) is 1. The number of carbonyl (C=O) groups excluding carboxylic acids is 2. The van der Waals surface area contributed by atoms with Gasteiger partial charge >= 0.3 is 11.9 Å². The lowest BCUT2D eigenvalue weighted by atomic mass is 9.78. The molecule has 4 rings (SSSR count). The van der Waals surface area contributed by atoms with E-state index in [-0.39, 0.29) is 0 Å². The van der Waals surface area contributed by atoms with Crippen LogP contribution in [0.25, 0.3) is 11.1 Å². The van der Waals surface area contributed by atoms with Crippen molar-refractivity contribution in [2.24, 2.45) is 0 Å². The molecule has 0 fully saturated rings. The zero-order chi connectivity index (χ0) is 22.9. The van der Waals surface area contributed by atoms with Gasteiger partial charge in [0.05, 0.1) is 19.8 Å². The molecule has 164 valence electrons. The first kappa shape index (κ1) is 21.7. The number of rotatable bonds is 6. The number of carbonyl (C=O) groups is 2. The smallest absolute Gasteiger partial charge is 0.339 e. The molecule has 3 aromatic carbocycles. The van der Waals surface area contributed by atoms with Crippen molar-refractivity contribution in [3.05, 3.63) is 95.6 Å². The summed E-state index contributed by atoms with van der Waals surface area (Å²) in [6, 6.07) is 24.0. The van der Waals surface area contributed by atoms with Gasteiger partial charge in [0, 0.05) is 0 Å². The van der Waals surface area contributed by atoms with Crippen molar-refractivity contribution in [3.63, 3.8) is 0 Å². The van der Waals surface area contributed by atoms with Crippen LogP contribution in [0.4, 0.5) is 0 Å². The maximum Gasteiger partial charge on any atom is 0.339 e. The monoisotopic (exact) mass is 431 g/mol. The molecule has 0 bridgehead atoms. The minimum Gasteiger partial charge on any atom is -0.468 e. The summed E-state index contributed by atoms with van der Waals surface area (Å²) in [4.78, 5) is 25.4. The Balaban J connectivity index is 2.02. The third kappa shape index (κ3) is 3.20. The molecule has 6 nitrogen and oxygen atoms in total. The number of ether oxygens (including phenoxy) is 2. The highest BCUT2D eigenvalue weighted by molar-refractivity contribution is 5.90. The van der Waals surface area contributed by atoms with Gasteiger partial charge in [-0.2, -0.15) is 0 Å². The van der Waals surface area contributed by atoms with Gasteiger partial charge in [-0.25, -0.2) is 4.79 Å². The first-order valence-electron chi connectivity index (χ1n) is 10.3. The number of hydrogen-bond acceptors (Lipinski definition) is 6. The van der Waals surface area contributed by atoms with Crippen LogP contribution in [0.5, 0.6) is 0 Å². The van der Waals surface area contributed by atoms with Crippen molar-refractivity contribution in [1.29, 1.82) is 0 Å². The fourth-order valence-electron chi connectivity index (χ4n) is 4.56. The third-order valence-electron chi connectivity index (χ3n) is 6.12. The summed E-state index contributed by atoms with van der Waals surface area (Å²) >= 11 is 0. The molecule has 0 amide bonds. The fraction of sp³-hybridized carbons (Fsp3) is 0.231. The normalized spacial score (nSPS) is 16.2. The molecule has 3 aromatic rings. The number of benzene rings is 3. The maximum absolute atomic E-state index is 12.9. The summed E-state index contributed by atoms with van der Waals surface area (Å²) in [7, 11) is 2.38. The number of hydrogen-bond donors (Lipinski definition) is 2. The van der Waals surface area contributed by atoms with Crippen LogP contribution in [0.1, 0.15) is 23.6 Å². The summed E-state index contributed by atoms with van der Waals surface area (Å²) in [5, 5.41) is 14.5. The second kappa shape index (κ2) is 8.22. The minimum atomic E-state index is -2.18. The lowest BCUT2D eigenvalue weighted by Crippen LogP contribution is -2.64. The van der Waals surface area contributed by atoms with Crippen LogP contribution in [0.2, 0.25) is 0 Å². The first-order chi connectivity index (χ1) is 15.4. The van der Waals surface area contributed by atoms with E-state index in [0.717, 1.165) is 34.9 Å². The van der Waals surface area contributed by atoms with E-state index in [0.29, 0.717) is 0 Å². The standard InChI is InChI=1S/C26H25NO5/c1-25(30,24(29)32-3)22(23(28)31-2)27-26(17-11-5-4-6-12-17)20-15-9-7-13-18(20)19-14-8-10-16-21(19)26/h4-16,22,27,30H,1-3H3/t22-,25+/m1/s1. The van der Waals surface area contributed by atoms with E-state index in [1.165, 1.54) is 14.0 Å². The Morgan fingerprint density at radius 1 is 0.844 bits per heavy atom. The Morgan fingerprint density at radius 2 is 1.34 bits per heavy atom. The number of fused-ring (bicyclic) bond motifs is 3. The molecule has 0 saturated carbocycles. The fourth-order valence-corrected chi connectivity index (χ4v) is 4.56. The van der Waals surface area contributed by atoms with Gasteiger partial charge in [0.25, 0.3) is 0 Å². The molecule has 1 aliphatic rings. The Morgan fingerprint density at radius 3 is 1.84 bits per heavy atom. The topological polar surface area (TPSA) is 84.9 Å². The van der Waals surface area contributed by atoms with Crippen LogP contribution < -0.4 is 5.32 Å². The van der Waals surface area contributed by atoms with Crippen LogP contribution in [-0.2, 0) is 24.6 Å². The second-order valence-electron chi connectivity index (χ2n) is 7.95. The highest BCUT2D eigenvalue weighted by Gasteiger charge is 2.53. The summed E-state index contributed by atoms with van der Waals surface area (Å²) in [5.74, 6) is -1.72. The SMILES string of the molecule is COC(=O)[C@@H](NC1(c2ccccc2)c2ccccc2-c2ccccc21)[C@](C)(O)C(=O)OC. The molecule has 2 atom stereocenters. The van der Waals surface area contributed by atoms with Gasteiger partial charge in [-0.05, 0) is 34.7 Å². The molecule has 32 heavy (non-hydrogen) atoms. The largest absolute Gasteiger partial charge is 0.468 e. The summed E-state index contributed by atoms with van der Waals surface area (Å²) in [5.41, 5.74) is 1.46. The molecule has 0 unspecified atom stereocenters. The van der Waals surface area contributed by atoms with Gasteiger partial charge in [0.1, 0.15) is 6.04 Å². The zero-order valence-electron chi connectivity index (χ0n) is 18.2. The van der Waals surface area contributed by atoms with E-state index in [9.17, 15) is 14.7 Å². The van der Waals surface area contributed by atoms with Gasteiger partial charge in [-0.1, -0.05) is 78.9 Å². The highest BCUT2D eigenvalue weighted by Crippen LogP contribution is 2.51.